The monoisotopic (exact) mass is 284 g/mol. The van der Waals surface area contributed by atoms with Crippen molar-refractivity contribution in [2.45, 2.75) is 18.9 Å². The van der Waals surface area contributed by atoms with Crippen LogP contribution in [0.4, 0.5) is 0 Å². The molecule has 1 amide bonds. The summed E-state index contributed by atoms with van der Waals surface area (Å²) >= 11 is 4.81. The van der Waals surface area contributed by atoms with Crippen molar-refractivity contribution in [3.8, 4) is 6.07 Å². The lowest BCUT2D eigenvalue weighted by Gasteiger charge is -2.18. The summed E-state index contributed by atoms with van der Waals surface area (Å²) in [6.45, 7) is 0.699. The minimum Gasteiger partial charge on any atom is -0.323 e. The molecule has 1 saturated heterocycles. The first-order valence-electron chi connectivity index (χ1n) is 4.67. The predicted octanol–water partition coefficient (Wildman–Crippen LogP) is 2.64. The quantitative estimate of drug-likeness (QED) is 0.796. The lowest BCUT2D eigenvalue weighted by atomic mass is 10.2. The number of nitrogens with zero attached hydrogens (tertiary/aromatic N) is 2. The number of carbonyl (C=O) groups is 1. The van der Waals surface area contributed by atoms with Gasteiger partial charge in [0.1, 0.15) is 6.04 Å². The van der Waals surface area contributed by atoms with E-state index in [-0.39, 0.29) is 11.9 Å². The van der Waals surface area contributed by atoms with Crippen LogP contribution in [0.25, 0.3) is 0 Å². The molecule has 78 valence electrons. The van der Waals surface area contributed by atoms with Gasteiger partial charge in [-0.3, -0.25) is 4.79 Å². The van der Waals surface area contributed by atoms with E-state index < -0.39 is 0 Å². The van der Waals surface area contributed by atoms with Gasteiger partial charge in [-0.1, -0.05) is 0 Å². The molecule has 0 radical (unpaired) electrons. The Morgan fingerprint density at radius 1 is 1.73 bits per heavy atom. The molecule has 1 atom stereocenters. The number of halogens is 1. The first kappa shape index (κ1) is 10.7. The maximum atomic E-state index is 12.0. The molecule has 1 aliphatic heterocycles. The molecule has 0 N–H and O–H groups in total. The van der Waals surface area contributed by atoms with E-state index >= 15 is 0 Å². The number of amides is 1. The zero-order valence-corrected chi connectivity index (χ0v) is 10.3. The van der Waals surface area contributed by atoms with Crippen molar-refractivity contribution in [1.29, 1.82) is 5.26 Å². The van der Waals surface area contributed by atoms with Crippen molar-refractivity contribution < 1.29 is 4.79 Å². The van der Waals surface area contributed by atoms with Gasteiger partial charge in [-0.05, 0) is 34.8 Å². The van der Waals surface area contributed by atoms with Crippen molar-refractivity contribution in [3.05, 3.63) is 20.8 Å². The molecule has 15 heavy (non-hydrogen) atoms. The molecule has 0 bridgehead atoms. The fourth-order valence-electron chi connectivity index (χ4n) is 1.73. The first-order valence-corrected chi connectivity index (χ1v) is 6.34. The Bertz CT molecular complexity index is 423. The summed E-state index contributed by atoms with van der Waals surface area (Å²) in [6.07, 6.45) is 1.73. The van der Waals surface area contributed by atoms with Crippen LogP contribution in [0.2, 0.25) is 0 Å². The maximum Gasteiger partial charge on any atom is 0.255 e. The zero-order chi connectivity index (χ0) is 10.8. The summed E-state index contributed by atoms with van der Waals surface area (Å²) < 4.78 is 0.943. The fourth-order valence-corrected chi connectivity index (χ4v) is 2.86. The average molecular weight is 285 g/mol. The van der Waals surface area contributed by atoms with Crippen molar-refractivity contribution in [2.75, 3.05) is 6.54 Å². The molecule has 2 rings (SSSR count). The lowest BCUT2D eigenvalue weighted by Crippen LogP contribution is -2.34. The number of hydrogen-bond donors (Lipinski definition) is 0. The van der Waals surface area contributed by atoms with Gasteiger partial charge in [0.25, 0.3) is 5.91 Å². The standard InChI is InChI=1S/C10H9BrN2OS/c11-9-4-7(6-15-9)10(14)13-3-1-2-8(13)5-12/h4,6,8H,1-3H2. The Labute approximate surface area is 100 Å². The van der Waals surface area contributed by atoms with Crippen LogP contribution >= 0.6 is 27.3 Å². The summed E-state index contributed by atoms with van der Waals surface area (Å²) in [5.41, 5.74) is 0.675. The molecule has 1 unspecified atom stereocenters. The highest BCUT2D eigenvalue weighted by molar-refractivity contribution is 9.11. The highest BCUT2D eigenvalue weighted by Crippen LogP contribution is 2.25. The number of carbonyl (C=O) groups excluding carboxylic acids is 1. The van der Waals surface area contributed by atoms with Crippen molar-refractivity contribution in [1.82, 2.24) is 4.90 Å². The van der Waals surface area contributed by atoms with Gasteiger partial charge >= 0.3 is 0 Å². The second-order valence-electron chi connectivity index (χ2n) is 3.43. The molecule has 0 saturated carbocycles. The lowest BCUT2D eigenvalue weighted by molar-refractivity contribution is 0.0765. The maximum absolute atomic E-state index is 12.0. The number of likely N-dealkylation sites (tertiary alicyclic amines) is 1. The number of thiophene rings is 1. The average Bonchev–Trinajstić information content (AvgIpc) is 2.84. The van der Waals surface area contributed by atoms with Gasteiger partial charge in [-0.15, -0.1) is 11.3 Å². The molecule has 0 spiro atoms. The normalized spacial score (nSPS) is 20.3. The van der Waals surface area contributed by atoms with E-state index in [0.717, 1.165) is 16.6 Å². The Morgan fingerprint density at radius 2 is 2.53 bits per heavy atom. The second-order valence-corrected chi connectivity index (χ2v) is 5.72. The molecule has 3 nitrogen and oxygen atoms in total. The van der Waals surface area contributed by atoms with Crippen LogP contribution in [-0.2, 0) is 0 Å². The fraction of sp³-hybridized carbons (Fsp3) is 0.400. The molecular weight excluding hydrogens is 276 g/mol. The van der Waals surface area contributed by atoms with Crippen LogP contribution in [0.3, 0.4) is 0 Å². The van der Waals surface area contributed by atoms with Crippen LogP contribution in [0.15, 0.2) is 15.2 Å². The molecule has 1 aromatic heterocycles. The topological polar surface area (TPSA) is 44.1 Å². The SMILES string of the molecule is N#CC1CCCN1C(=O)c1csc(Br)c1. The smallest absolute Gasteiger partial charge is 0.255 e. The molecule has 2 heterocycles. The van der Waals surface area contributed by atoms with Gasteiger partial charge in [0.15, 0.2) is 0 Å². The third-order valence-corrected chi connectivity index (χ3v) is 3.98. The molecule has 1 aromatic rings. The number of rotatable bonds is 1. The van der Waals surface area contributed by atoms with Gasteiger partial charge in [-0.25, -0.2) is 0 Å². The summed E-state index contributed by atoms with van der Waals surface area (Å²) in [4.78, 5) is 13.7. The molecular formula is C10H9BrN2OS. The van der Waals surface area contributed by atoms with Gasteiger partial charge in [0.05, 0.1) is 15.4 Å². The Balaban J connectivity index is 2.18. The van der Waals surface area contributed by atoms with Crippen molar-refractivity contribution in [2.24, 2.45) is 0 Å². The predicted molar refractivity (Wildman–Crippen MR) is 61.7 cm³/mol. The van der Waals surface area contributed by atoms with Gasteiger partial charge in [-0.2, -0.15) is 5.26 Å². The minimum absolute atomic E-state index is 0.0269. The van der Waals surface area contributed by atoms with Crippen molar-refractivity contribution >= 4 is 33.2 Å². The summed E-state index contributed by atoms with van der Waals surface area (Å²) in [6, 6.07) is 3.73. The highest BCUT2D eigenvalue weighted by Gasteiger charge is 2.29. The van der Waals surface area contributed by atoms with E-state index in [0.29, 0.717) is 12.1 Å². The van der Waals surface area contributed by atoms with Crippen LogP contribution in [0.5, 0.6) is 0 Å². The van der Waals surface area contributed by atoms with E-state index in [9.17, 15) is 4.79 Å². The Morgan fingerprint density at radius 3 is 3.13 bits per heavy atom. The third-order valence-electron chi connectivity index (χ3n) is 2.48. The molecule has 1 aliphatic rings. The van der Waals surface area contributed by atoms with Gasteiger partial charge in [0, 0.05) is 11.9 Å². The van der Waals surface area contributed by atoms with Crippen LogP contribution < -0.4 is 0 Å². The number of hydrogen-bond acceptors (Lipinski definition) is 3. The molecule has 0 aliphatic carbocycles. The van der Waals surface area contributed by atoms with Crippen molar-refractivity contribution in [3.63, 3.8) is 0 Å². The minimum atomic E-state index is -0.240. The largest absolute Gasteiger partial charge is 0.323 e. The Hall–Kier alpha value is -0.860. The zero-order valence-electron chi connectivity index (χ0n) is 7.94. The van der Waals surface area contributed by atoms with Gasteiger partial charge in [0.2, 0.25) is 0 Å². The molecule has 5 heteroatoms. The summed E-state index contributed by atoms with van der Waals surface area (Å²) in [7, 11) is 0. The van der Waals surface area contributed by atoms with Gasteiger partial charge < -0.3 is 4.90 Å². The van der Waals surface area contributed by atoms with E-state index in [4.69, 9.17) is 5.26 Å². The Kier molecular flexibility index (Phi) is 3.08. The summed E-state index contributed by atoms with van der Waals surface area (Å²) in [5.74, 6) is -0.0269. The van der Waals surface area contributed by atoms with E-state index in [1.54, 1.807) is 11.0 Å². The van der Waals surface area contributed by atoms with E-state index in [2.05, 4.69) is 22.0 Å². The van der Waals surface area contributed by atoms with Crippen LogP contribution in [-0.4, -0.2) is 23.4 Å². The second kappa shape index (κ2) is 4.33. The highest BCUT2D eigenvalue weighted by atomic mass is 79.9. The summed E-state index contributed by atoms with van der Waals surface area (Å²) in [5, 5.41) is 10.7. The van der Waals surface area contributed by atoms with E-state index in [1.807, 2.05) is 5.38 Å². The number of nitriles is 1. The third kappa shape index (κ3) is 2.06. The molecule has 1 fully saturated rings. The van der Waals surface area contributed by atoms with Crippen LogP contribution in [0.1, 0.15) is 23.2 Å². The molecule has 0 aromatic carbocycles. The van der Waals surface area contributed by atoms with Crippen LogP contribution in [0, 0.1) is 11.3 Å². The van der Waals surface area contributed by atoms with E-state index in [1.165, 1.54) is 11.3 Å². The first-order chi connectivity index (χ1) is 7.22.